The van der Waals surface area contributed by atoms with Crippen molar-refractivity contribution in [1.29, 1.82) is 0 Å². The number of aromatic nitrogens is 6. The summed E-state index contributed by atoms with van der Waals surface area (Å²) in [5.74, 6) is -3.06. The van der Waals surface area contributed by atoms with Gasteiger partial charge in [0.1, 0.15) is 41.3 Å². The second-order valence-electron chi connectivity index (χ2n) is 8.72. The fourth-order valence-electron chi connectivity index (χ4n) is 4.46. The minimum atomic E-state index is -1.59. The number of nitrogens with zero attached hydrogens (tertiary/aromatic N) is 6. The smallest absolute Gasteiger partial charge is 0.194 e. The first kappa shape index (κ1) is 26.1. The molecule has 0 radical (unpaired) electrons. The standard InChI is InChI=1S/C24H22ClF3N6O4/c1-11-29-24(34(31-11)17-7-13(25)3-4-19(17)37-2)20-8-18(23(36)21(10-35)38-20)33-9-16(30-32-33)12-5-14(26)22(28)15(27)6-12/h3-7,9,18,20-21,23,35-36H,8,10H2,1-2H3/t18-,20-,21-,23-/m1/s1. The molecule has 3 heterocycles. The predicted molar refractivity (Wildman–Crippen MR) is 127 cm³/mol. The molecule has 5 rings (SSSR count). The monoisotopic (exact) mass is 550 g/mol. The number of aliphatic hydroxyl groups excluding tert-OH is 2. The molecule has 2 N–H and O–H groups in total. The van der Waals surface area contributed by atoms with E-state index in [1.54, 1.807) is 25.1 Å². The van der Waals surface area contributed by atoms with Crippen LogP contribution >= 0.6 is 11.6 Å². The molecule has 2 aromatic heterocycles. The maximum atomic E-state index is 13.8. The maximum absolute atomic E-state index is 13.8. The van der Waals surface area contributed by atoms with Gasteiger partial charge in [-0.3, -0.25) is 0 Å². The summed E-state index contributed by atoms with van der Waals surface area (Å²) >= 11 is 6.22. The van der Waals surface area contributed by atoms with Crippen molar-refractivity contribution in [2.45, 2.75) is 37.7 Å². The molecular formula is C24H22ClF3N6O4. The number of aryl methyl sites for hydroxylation is 1. The van der Waals surface area contributed by atoms with E-state index in [1.807, 2.05) is 0 Å². The molecule has 4 aromatic rings. The number of aliphatic hydroxyl groups is 2. The molecule has 14 heteroatoms. The van der Waals surface area contributed by atoms with Crippen molar-refractivity contribution in [3.63, 3.8) is 0 Å². The van der Waals surface area contributed by atoms with Gasteiger partial charge in [-0.25, -0.2) is 27.5 Å². The van der Waals surface area contributed by atoms with Gasteiger partial charge in [-0.05, 0) is 37.3 Å². The summed E-state index contributed by atoms with van der Waals surface area (Å²) in [6.07, 6.45) is -1.54. The van der Waals surface area contributed by atoms with Gasteiger partial charge in [0.05, 0.1) is 26.0 Å². The van der Waals surface area contributed by atoms with Crippen LogP contribution in [0, 0.1) is 24.4 Å². The van der Waals surface area contributed by atoms with Gasteiger partial charge in [-0.15, -0.1) is 5.10 Å². The van der Waals surface area contributed by atoms with Crippen LogP contribution in [0.3, 0.4) is 0 Å². The molecular weight excluding hydrogens is 529 g/mol. The predicted octanol–water partition coefficient (Wildman–Crippen LogP) is 3.34. The van der Waals surface area contributed by atoms with E-state index in [9.17, 15) is 23.4 Å². The normalized spacial score (nSPS) is 21.6. The van der Waals surface area contributed by atoms with Crippen molar-refractivity contribution in [3.05, 3.63) is 70.7 Å². The highest BCUT2D eigenvalue weighted by molar-refractivity contribution is 6.30. The topological polar surface area (TPSA) is 120 Å². The first-order valence-corrected chi connectivity index (χ1v) is 11.9. The fraction of sp³-hybridized carbons (Fsp3) is 0.333. The van der Waals surface area contributed by atoms with Crippen LogP contribution in [-0.4, -0.2) is 65.9 Å². The molecule has 10 nitrogen and oxygen atoms in total. The SMILES string of the molecule is COc1ccc(Cl)cc1-n1nc(C)nc1[C@H]1C[C@@H](n2cc(-c3cc(F)c(F)c(F)c3)nn2)[C@@H](O)[C@@H](CO)O1. The summed E-state index contributed by atoms with van der Waals surface area (Å²) in [6.45, 7) is 1.18. The van der Waals surface area contributed by atoms with E-state index in [0.29, 0.717) is 28.1 Å². The lowest BCUT2D eigenvalue weighted by Crippen LogP contribution is -2.45. The van der Waals surface area contributed by atoms with Gasteiger partial charge in [0, 0.05) is 17.0 Å². The molecule has 0 unspecified atom stereocenters. The number of ether oxygens (including phenoxy) is 2. The number of halogens is 4. The van der Waals surface area contributed by atoms with E-state index < -0.39 is 48.4 Å². The highest BCUT2D eigenvalue weighted by atomic mass is 35.5. The van der Waals surface area contributed by atoms with Crippen molar-refractivity contribution in [3.8, 4) is 22.7 Å². The molecule has 0 amide bonds. The van der Waals surface area contributed by atoms with Crippen LogP contribution in [0.5, 0.6) is 5.75 Å². The third-order valence-electron chi connectivity index (χ3n) is 6.27. The van der Waals surface area contributed by atoms with Crippen LogP contribution in [-0.2, 0) is 4.74 Å². The number of rotatable bonds is 6. The molecule has 0 bridgehead atoms. The Bertz CT molecular complexity index is 1460. The summed E-state index contributed by atoms with van der Waals surface area (Å²) in [7, 11) is 1.50. The van der Waals surface area contributed by atoms with Crippen molar-refractivity contribution >= 4 is 11.6 Å². The highest BCUT2D eigenvalue weighted by Gasteiger charge is 2.42. The summed E-state index contributed by atoms with van der Waals surface area (Å²) < 4.78 is 55.2. The number of benzene rings is 2. The van der Waals surface area contributed by atoms with E-state index in [0.717, 1.165) is 12.1 Å². The van der Waals surface area contributed by atoms with Gasteiger partial charge in [0.2, 0.25) is 0 Å². The minimum absolute atomic E-state index is 0.0344. The molecule has 1 aliphatic heterocycles. The zero-order chi connectivity index (χ0) is 27.1. The lowest BCUT2D eigenvalue weighted by atomic mass is 9.95. The van der Waals surface area contributed by atoms with Crippen LogP contribution in [0.4, 0.5) is 13.2 Å². The van der Waals surface area contributed by atoms with Crippen LogP contribution < -0.4 is 4.74 Å². The molecule has 2 aromatic carbocycles. The van der Waals surface area contributed by atoms with Crippen LogP contribution in [0.2, 0.25) is 5.02 Å². The molecule has 200 valence electrons. The summed E-state index contributed by atoms with van der Waals surface area (Å²) in [5, 5.41) is 33.7. The average Bonchev–Trinajstić information content (AvgIpc) is 3.54. The molecule has 1 saturated heterocycles. The minimum Gasteiger partial charge on any atom is -0.494 e. The van der Waals surface area contributed by atoms with Crippen molar-refractivity contribution in [2.24, 2.45) is 0 Å². The van der Waals surface area contributed by atoms with Crippen molar-refractivity contribution in [2.75, 3.05) is 13.7 Å². The van der Waals surface area contributed by atoms with Gasteiger partial charge >= 0.3 is 0 Å². The summed E-state index contributed by atoms with van der Waals surface area (Å²) in [5.41, 5.74) is 0.528. The molecule has 0 saturated carbocycles. The summed E-state index contributed by atoms with van der Waals surface area (Å²) in [6, 6.07) is 5.82. The number of hydrogen-bond acceptors (Lipinski definition) is 8. The van der Waals surface area contributed by atoms with E-state index in [-0.39, 0.29) is 17.7 Å². The van der Waals surface area contributed by atoms with Crippen LogP contribution in [0.15, 0.2) is 36.5 Å². The zero-order valence-electron chi connectivity index (χ0n) is 20.1. The Kier molecular flexibility index (Phi) is 7.09. The Morgan fingerprint density at radius 2 is 1.92 bits per heavy atom. The molecule has 0 aliphatic carbocycles. The van der Waals surface area contributed by atoms with Gasteiger partial charge in [-0.1, -0.05) is 16.8 Å². The molecule has 1 aliphatic rings. The Hall–Kier alpha value is -3.52. The van der Waals surface area contributed by atoms with Crippen molar-refractivity contribution in [1.82, 2.24) is 29.8 Å². The Balaban J connectivity index is 1.51. The average molecular weight is 551 g/mol. The molecule has 0 spiro atoms. The number of methoxy groups -OCH3 is 1. The Morgan fingerprint density at radius 1 is 1.18 bits per heavy atom. The highest BCUT2D eigenvalue weighted by Crippen LogP contribution is 2.39. The lowest BCUT2D eigenvalue weighted by molar-refractivity contribution is -0.161. The zero-order valence-corrected chi connectivity index (χ0v) is 20.8. The molecule has 4 atom stereocenters. The van der Waals surface area contributed by atoms with E-state index in [1.165, 1.54) is 22.7 Å². The third kappa shape index (κ3) is 4.73. The van der Waals surface area contributed by atoms with Crippen molar-refractivity contribution < 1.29 is 32.9 Å². The first-order valence-electron chi connectivity index (χ1n) is 11.5. The summed E-state index contributed by atoms with van der Waals surface area (Å²) in [4.78, 5) is 4.52. The van der Waals surface area contributed by atoms with Gasteiger partial charge < -0.3 is 19.7 Å². The second kappa shape index (κ2) is 10.3. The quantitative estimate of drug-likeness (QED) is 0.351. The number of hydrogen-bond donors (Lipinski definition) is 2. The van der Waals surface area contributed by atoms with E-state index >= 15 is 0 Å². The van der Waals surface area contributed by atoms with Gasteiger partial charge in [0.15, 0.2) is 23.3 Å². The Morgan fingerprint density at radius 3 is 2.61 bits per heavy atom. The maximum Gasteiger partial charge on any atom is 0.194 e. The largest absolute Gasteiger partial charge is 0.494 e. The lowest BCUT2D eigenvalue weighted by Gasteiger charge is -2.38. The van der Waals surface area contributed by atoms with Gasteiger partial charge in [0.25, 0.3) is 0 Å². The Labute approximate surface area is 219 Å². The van der Waals surface area contributed by atoms with E-state index in [2.05, 4.69) is 20.4 Å². The molecule has 38 heavy (non-hydrogen) atoms. The van der Waals surface area contributed by atoms with Crippen LogP contribution in [0.25, 0.3) is 16.9 Å². The third-order valence-corrected chi connectivity index (χ3v) is 6.51. The second-order valence-corrected chi connectivity index (χ2v) is 9.16. The van der Waals surface area contributed by atoms with Crippen LogP contribution in [0.1, 0.15) is 30.2 Å². The first-order chi connectivity index (χ1) is 18.2. The fourth-order valence-corrected chi connectivity index (χ4v) is 4.62. The van der Waals surface area contributed by atoms with Gasteiger partial charge in [-0.2, -0.15) is 5.10 Å². The van der Waals surface area contributed by atoms with E-state index in [4.69, 9.17) is 21.1 Å². The molecule has 1 fully saturated rings.